The number of benzene rings is 1. The van der Waals surface area contributed by atoms with Crippen molar-refractivity contribution < 1.29 is 28.5 Å². The smallest absolute Gasteiger partial charge is 0.410 e. The molecule has 1 aromatic carbocycles. The van der Waals surface area contributed by atoms with Gasteiger partial charge in [-0.05, 0) is 51.3 Å². The summed E-state index contributed by atoms with van der Waals surface area (Å²) >= 11 is 6.14. The molecule has 0 N–H and O–H groups in total. The molecule has 1 aromatic rings. The predicted octanol–water partition coefficient (Wildman–Crippen LogP) is 3.76. The van der Waals surface area contributed by atoms with Gasteiger partial charge in [-0.25, -0.2) is 4.79 Å². The lowest BCUT2D eigenvalue weighted by Gasteiger charge is -2.32. The highest BCUT2D eigenvalue weighted by molar-refractivity contribution is 6.32. The lowest BCUT2D eigenvalue weighted by atomic mass is 9.97. The molecular weight excluding hydrogens is 374 g/mol. The van der Waals surface area contributed by atoms with Crippen LogP contribution in [0, 0.1) is 5.92 Å². The zero-order valence-electron chi connectivity index (χ0n) is 15.7. The number of piperidine rings is 1. The molecule has 7 nitrogen and oxygen atoms in total. The van der Waals surface area contributed by atoms with Crippen LogP contribution in [0.2, 0.25) is 5.02 Å². The van der Waals surface area contributed by atoms with Crippen LogP contribution >= 0.6 is 11.6 Å². The molecule has 0 bridgehead atoms. The molecule has 3 rings (SSSR count). The first kappa shape index (κ1) is 19.6. The van der Waals surface area contributed by atoms with Crippen molar-refractivity contribution in [3.8, 4) is 11.5 Å². The standard InChI is InChI=1S/C19H24ClNO6/c1-19(2,3)27-18(23)21-6-4-13(5-7-21)17(22)24-10-12-8-14(20)16-15(9-12)25-11-26-16/h8-9,13H,4-7,10-11H2,1-3H3. The topological polar surface area (TPSA) is 74.3 Å². The molecule has 0 spiro atoms. The van der Waals surface area contributed by atoms with E-state index in [1.807, 2.05) is 20.8 Å². The van der Waals surface area contributed by atoms with E-state index in [1.54, 1.807) is 17.0 Å². The van der Waals surface area contributed by atoms with E-state index < -0.39 is 5.60 Å². The zero-order valence-corrected chi connectivity index (χ0v) is 16.5. The van der Waals surface area contributed by atoms with Gasteiger partial charge in [0.1, 0.15) is 12.2 Å². The molecule has 0 aliphatic carbocycles. The predicted molar refractivity (Wildman–Crippen MR) is 97.9 cm³/mol. The van der Waals surface area contributed by atoms with Gasteiger partial charge in [-0.2, -0.15) is 0 Å². The van der Waals surface area contributed by atoms with Crippen LogP contribution in [0.15, 0.2) is 12.1 Å². The summed E-state index contributed by atoms with van der Waals surface area (Å²) in [4.78, 5) is 26.1. The van der Waals surface area contributed by atoms with Crippen molar-refractivity contribution in [2.45, 2.75) is 45.8 Å². The molecule has 8 heteroatoms. The lowest BCUT2D eigenvalue weighted by Crippen LogP contribution is -2.43. The summed E-state index contributed by atoms with van der Waals surface area (Å²) in [7, 11) is 0. The first-order chi connectivity index (χ1) is 12.7. The molecule has 27 heavy (non-hydrogen) atoms. The molecule has 2 heterocycles. The molecule has 0 radical (unpaired) electrons. The van der Waals surface area contributed by atoms with Crippen LogP contribution < -0.4 is 9.47 Å². The molecule has 0 atom stereocenters. The largest absolute Gasteiger partial charge is 0.461 e. The van der Waals surface area contributed by atoms with Gasteiger partial charge in [0, 0.05) is 13.1 Å². The monoisotopic (exact) mass is 397 g/mol. The lowest BCUT2D eigenvalue weighted by molar-refractivity contribution is -0.151. The van der Waals surface area contributed by atoms with E-state index in [-0.39, 0.29) is 31.4 Å². The highest BCUT2D eigenvalue weighted by Gasteiger charge is 2.30. The van der Waals surface area contributed by atoms with E-state index in [9.17, 15) is 9.59 Å². The van der Waals surface area contributed by atoms with Crippen molar-refractivity contribution in [2.75, 3.05) is 19.9 Å². The van der Waals surface area contributed by atoms with Gasteiger partial charge < -0.3 is 23.8 Å². The van der Waals surface area contributed by atoms with Gasteiger partial charge in [0.15, 0.2) is 11.5 Å². The van der Waals surface area contributed by atoms with E-state index in [2.05, 4.69) is 0 Å². The number of halogens is 1. The summed E-state index contributed by atoms with van der Waals surface area (Å²) in [6.45, 7) is 6.69. The Labute approximate surface area is 163 Å². The molecule has 0 aromatic heterocycles. The second-order valence-corrected chi connectivity index (χ2v) is 8.07. The fourth-order valence-corrected chi connectivity index (χ4v) is 3.29. The number of hydrogen-bond donors (Lipinski definition) is 0. The second kappa shape index (κ2) is 7.84. The van der Waals surface area contributed by atoms with E-state index in [0.29, 0.717) is 42.5 Å². The van der Waals surface area contributed by atoms with Crippen molar-refractivity contribution in [1.82, 2.24) is 4.90 Å². The Morgan fingerprint density at radius 3 is 2.59 bits per heavy atom. The minimum Gasteiger partial charge on any atom is -0.461 e. The molecule has 0 unspecified atom stereocenters. The van der Waals surface area contributed by atoms with Crippen LogP contribution in [0.4, 0.5) is 4.79 Å². The number of amides is 1. The van der Waals surface area contributed by atoms with Gasteiger partial charge in [0.05, 0.1) is 10.9 Å². The third-order valence-corrected chi connectivity index (χ3v) is 4.63. The SMILES string of the molecule is CC(C)(C)OC(=O)N1CCC(C(=O)OCc2cc(Cl)c3c(c2)OCO3)CC1. The van der Waals surface area contributed by atoms with Gasteiger partial charge in [0.2, 0.25) is 6.79 Å². The van der Waals surface area contributed by atoms with E-state index >= 15 is 0 Å². The molecule has 1 fully saturated rings. The number of carbonyl (C=O) groups is 2. The maximum Gasteiger partial charge on any atom is 0.410 e. The first-order valence-corrected chi connectivity index (χ1v) is 9.33. The van der Waals surface area contributed by atoms with E-state index in [1.165, 1.54) is 0 Å². The number of likely N-dealkylation sites (tertiary alicyclic amines) is 1. The summed E-state index contributed by atoms with van der Waals surface area (Å²) in [5.41, 5.74) is 0.211. The molecular formula is C19H24ClNO6. The first-order valence-electron chi connectivity index (χ1n) is 8.95. The number of rotatable bonds is 3. The van der Waals surface area contributed by atoms with Crippen LogP contribution in [0.1, 0.15) is 39.2 Å². The van der Waals surface area contributed by atoms with Crippen molar-refractivity contribution in [2.24, 2.45) is 5.92 Å². The molecule has 148 valence electrons. The Morgan fingerprint density at radius 1 is 1.22 bits per heavy atom. The van der Waals surface area contributed by atoms with E-state index in [0.717, 1.165) is 5.56 Å². The summed E-state index contributed by atoms with van der Waals surface area (Å²) in [5, 5.41) is 0.432. The van der Waals surface area contributed by atoms with Gasteiger partial charge in [-0.1, -0.05) is 11.6 Å². The maximum atomic E-state index is 12.3. The highest BCUT2D eigenvalue weighted by Crippen LogP contribution is 2.40. The average molecular weight is 398 g/mol. The van der Waals surface area contributed by atoms with Crippen molar-refractivity contribution in [3.63, 3.8) is 0 Å². The van der Waals surface area contributed by atoms with Crippen LogP contribution in [-0.2, 0) is 20.9 Å². The number of fused-ring (bicyclic) bond motifs is 1. The third kappa shape index (κ3) is 4.97. The van der Waals surface area contributed by atoms with Crippen LogP contribution in [0.5, 0.6) is 11.5 Å². The van der Waals surface area contributed by atoms with Crippen molar-refractivity contribution >= 4 is 23.7 Å². The number of nitrogens with zero attached hydrogens (tertiary/aromatic N) is 1. The van der Waals surface area contributed by atoms with Crippen LogP contribution in [0.3, 0.4) is 0 Å². The minimum absolute atomic E-state index is 0.113. The average Bonchev–Trinajstić information content (AvgIpc) is 3.07. The summed E-state index contributed by atoms with van der Waals surface area (Å²) < 4.78 is 21.4. The van der Waals surface area contributed by atoms with Crippen LogP contribution in [-0.4, -0.2) is 42.4 Å². The number of hydrogen-bond acceptors (Lipinski definition) is 6. The quantitative estimate of drug-likeness (QED) is 0.723. The number of ether oxygens (including phenoxy) is 4. The molecule has 1 amide bonds. The van der Waals surface area contributed by atoms with Gasteiger partial charge in [-0.15, -0.1) is 0 Å². The Morgan fingerprint density at radius 2 is 1.93 bits per heavy atom. The maximum absolute atomic E-state index is 12.3. The van der Waals surface area contributed by atoms with Gasteiger partial charge in [0.25, 0.3) is 0 Å². The molecule has 2 aliphatic rings. The van der Waals surface area contributed by atoms with Crippen molar-refractivity contribution in [1.29, 1.82) is 0 Å². The third-order valence-electron chi connectivity index (χ3n) is 4.35. The molecule has 1 saturated heterocycles. The summed E-state index contributed by atoms with van der Waals surface area (Å²) in [6.07, 6.45) is 0.768. The minimum atomic E-state index is -0.529. The summed E-state index contributed by atoms with van der Waals surface area (Å²) in [6, 6.07) is 3.46. The fourth-order valence-electron chi connectivity index (χ4n) is 3.00. The Kier molecular flexibility index (Phi) is 5.69. The molecule has 0 saturated carbocycles. The van der Waals surface area contributed by atoms with Crippen LogP contribution in [0.25, 0.3) is 0 Å². The van der Waals surface area contributed by atoms with E-state index in [4.69, 9.17) is 30.5 Å². The second-order valence-electron chi connectivity index (χ2n) is 7.66. The Balaban J connectivity index is 1.48. The molecule has 2 aliphatic heterocycles. The Hall–Kier alpha value is -2.15. The Bertz CT molecular complexity index is 722. The zero-order chi connectivity index (χ0) is 19.6. The normalized spacial score (nSPS) is 17.0. The van der Waals surface area contributed by atoms with Crippen molar-refractivity contribution in [3.05, 3.63) is 22.7 Å². The fraction of sp³-hybridized carbons (Fsp3) is 0.579. The number of carbonyl (C=O) groups excluding carboxylic acids is 2. The van der Waals surface area contributed by atoms with Gasteiger partial charge in [-0.3, -0.25) is 4.79 Å². The summed E-state index contributed by atoms with van der Waals surface area (Å²) in [5.74, 6) is 0.571. The highest BCUT2D eigenvalue weighted by atomic mass is 35.5. The number of esters is 1. The van der Waals surface area contributed by atoms with Gasteiger partial charge >= 0.3 is 12.1 Å².